The van der Waals surface area contributed by atoms with Crippen LogP contribution in [0.4, 0.5) is 0 Å². The van der Waals surface area contributed by atoms with Gasteiger partial charge in [0.1, 0.15) is 5.75 Å². The molecule has 1 aromatic rings. The number of aromatic hydroxyl groups is 1. The first-order valence-electron chi connectivity index (χ1n) is 5.88. The second kappa shape index (κ2) is 6.61. The second-order valence-electron chi connectivity index (χ2n) is 5.27. The molecule has 0 amide bonds. The van der Waals surface area contributed by atoms with Gasteiger partial charge in [0, 0.05) is 23.2 Å². The van der Waals surface area contributed by atoms with Gasteiger partial charge in [-0.1, -0.05) is 23.2 Å². The van der Waals surface area contributed by atoms with Crippen LogP contribution in [0.5, 0.6) is 5.75 Å². The average Bonchev–Trinajstić information content (AvgIpc) is 2.29. The zero-order valence-corrected chi connectivity index (χ0v) is 14.1. The van der Waals surface area contributed by atoms with Gasteiger partial charge in [0.15, 0.2) is 5.11 Å². The van der Waals surface area contributed by atoms with Gasteiger partial charge in [-0.05, 0) is 45.1 Å². The minimum atomic E-state index is -0.150. The molecule has 0 aliphatic heterocycles. The van der Waals surface area contributed by atoms with Gasteiger partial charge >= 0.3 is 0 Å². The van der Waals surface area contributed by atoms with Gasteiger partial charge in [-0.2, -0.15) is 5.10 Å². The number of phenols is 1. The molecule has 4 nitrogen and oxygen atoms in total. The molecule has 0 radical (unpaired) electrons. The molecule has 7 heteroatoms. The van der Waals surface area contributed by atoms with Crippen molar-refractivity contribution in [3.05, 3.63) is 27.7 Å². The number of hydrazone groups is 1. The Kier molecular flexibility index (Phi) is 5.62. The van der Waals surface area contributed by atoms with E-state index in [9.17, 15) is 5.11 Å². The highest BCUT2D eigenvalue weighted by molar-refractivity contribution is 7.80. The molecular weight excluding hydrogens is 317 g/mol. The lowest BCUT2D eigenvalue weighted by Crippen LogP contribution is -2.45. The van der Waals surface area contributed by atoms with E-state index in [0.717, 1.165) is 0 Å². The van der Waals surface area contributed by atoms with E-state index >= 15 is 0 Å². The maximum absolute atomic E-state index is 9.81. The van der Waals surface area contributed by atoms with Crippen LogP contribution < -0.4 is 5.32 Å². The minimum absolute atomic E-state index is 0.0667. The number of hydrogen-bond acceptors (Lipinski definition) is 3. The topological polar surface area (TPSA) is 47.9 Å². The van der Waals surface area contributed by atoms with E-state index in [4.69, 9.17) is 35.4 Å². The molecule has 0 fully saturated rings. The van der Waals surface area contributed by atoms with Gasteiger partial charge in [-0.25, -0.2) is 5.01 Å². The summed E-state index contributed by atoms with van der Waals surface area (Å²) < 4.78 is 0. The molecule has 0 saturated carbocycles. The number of thiocarbonyl (C=S) groups is 1. The van der Waals surface area contributed by atoms with Crippen LogP contribution >= 0.6 is 35.4 Å². The van der Waals surface area contributed by atoms with Crippen LogP contribution in [0.2, 0.25) is 10.0 Å². The summed E-state index contributed by atoms with van der Waals surface area (Å²) in [7, 11) is 1.71. The van der Waals surface area contributed by atoms with Crippen LogP contribution in [0.15, 0.2) is 17.2 Å². The molecular formula is C13H17Cl2N3OS. The number of hydrogen-bond donors (Lipinski definition) is 2. The average molecular weight is 334 g/mol. The fourth-order valence-electron chi connectivity index (χ4n) is 1.29. The van der Waals surface area contributed by atoms with E-state index < -0.39 is 0 Å². The number of nitrogens with one attached hydrogen (secondary N) is 1. The largest absolute Gasteiger partial charge is 0.506 e. The van der Waals surface area contributed by atoms with Gasteiger partial charge < -0.3 is 10.4 Å². The van der Waals surface area contributed by atoms with Crippen molar-refractivity contribution < 1.29 is 5.11 Å². The van der Waals surface area contributed by atoms with Gasteiger partial charge in [-0.15, -0.1) is 0 Å². The predicted octanol–water partition coefficient (Wildman–Crippen LogP) is 3.64. The van der Waals surface area contributed by atoms with Crippen molar-refractivity contribution in [3.63, 3.8) is 0 Å². The molecule has 0 aliphatic carbocycles. The van der Waals surface area contributed by atoms with Crippen LogP contribution in [0.1, 0.15) is 26.3 Å². The summed E-state index contributed by atoms with van der Waals surface area (Å²) in [6.07, 6.45) is 1.45. The Morgan fingerprint density at radius 2 is 2.00 bits per heavy atom. The lowest BCUT2D eigenvalue weighted by molar-refractivity contribution is 0.454. The van der Waals surface area contributed by atoms with E-state index in [2.05, 4.69) is 10.4 Å². The highest BCUT2D eigenvalue weighted by atomic mass is 35.5. The van der Waals surface area contributed by atoms with E-state index in [1.165, 1.54) is 17.3 Å². The van der Waals surface area contributed by atoms with Crippen molar-refractivity contribution in [1.82, 2.24) is 10.3 Å². The quantitative estimate of drug-likeness (QED) is 0.492. The molecule has 20 heavy (non-hydrogen) atoms. The summed E-state index contributed by atoms with van der Waals surface area (Å²) in [5.41, 5.74) is 0.274. The highest BCUT2D eigenvalue weighted by Gasteiger charge is 2.13. The smallest absolute Gasteiger partial charge is 0.189 e. The molecule has 0 spiro atoms. The van der Waals surface area contributed by atoms with E-state index in [1.54, 1.807) is 13.1 Å². The fraction of sp³-hybridized carbons (Fsp3) is 0.385. The maximum Gasteiger partial charge on any atom is 0.189 e. The first-order valence-corrected chi connectivity index (χ1v) is 7.04. The third-order valence-electron chi connectivity index (χ3n) is 2.20. The number of halogens is 2. The zero-order chi connectivity index (χ0) is 15.5. The summed E-state index contributed by atoms with van der Waals surface area (Å²) >= 11 is 16.9. The summed E-state index contributed by atoms with van der Waals surface area (Å²) in [5.74, 6) is -0.0667. The Bertz CT molecular complexity index is 541. The Labute approximate surface area is 134 Å². The number of nitrogens with zero attached hydrogens (tertiary/aromatic N) is 2. The van der Waals surface area contributed by atoms with E-state index in [1.807, 2.05) is 20.8 Å². The van der Waals surface area contributed by atoms with Crippen molar-refractivity contribution in [2.24, 2.45) is 5.10 Å². The SMILES string of the molecule is CN(/N=C/c1cc(Cl)cc(Cl)c1O)C(=S)NC(C)(C)C. The molecule has 1 aromatic carbocycles. The summed E-state index contributed by atoms with van der Waals surface area (Å²) in [6, 6.07) is 3.03. The summed E-state index contributed by atoms with van der Waals surface area (Å²) in [4.78, 5) is 0. The van der Waals surface area contributed by atoms with E-state index in [-0.39, 0.29) is 16.3 Å². The summed E-state index contributed by atoms with van der Waals surface area (Å²) in [6.45, 7) is 6.00. The Balaban J connectivity index is 2.85. The molecule has 2 N–H and O–H groups in total. The first kappa shape index (κ1) is 17.0. The molecule has 0 bridgehead atoms. The van der Waals surface area contributed by atoms with Crippen molar-refractivity contribution >= 4 is 46.7 Å². The molecule has 1 rings (SSSR count). The monoisotopic (exact) mass is 333 g/mol. The van der Waals surface area contributed by atoms with Gasteiger partial charge in [0.2, 0.25) is 0 Å². The third-order valence-corrected chi connectivity index (χ3v) is 3.08. The number of rotatable bonds is 2. The third kappa shape index (κ3) is 5.15. The molecule has 110 valence electrons. The van der Waals surface area contributed by atoms with Crippen LogP contribution in [0.25, 0.3) is 0 Å². The predicted molar refractivity (Wildman–Crippen MR) is 89.0 cm³/mol. The highest BCUT2D eigenvalue weighted by Crippen LogP contribution is 2.30. The molecule has 0 atom stereocenters. The van der Waals surface area contributed by atoms with Crippen molar-refractivity contribution in [2.45, 2.75) is 26.3 Å². The standard InChI is InChI=1S/C13H17Cl2N3OS/c1-13(2,3)17-12(20)18(4)16-7-8-5-9(14)6-10(15)11(8)19/h5-7,19H,1-4H3,(H,17,20)/b16-7+. The van der Waals surface area contributed by atoms with Gasteiger partial charge in [0.25, 0.3) is 0 Å². The van der Waals surface area contributed by atoms with Crippen molar-refractivity contribution in [3.8, 4) is 5.75 Å². The molecule has 0 saturated heterocycles. The summed E-state index contributed by atoms with van der Waals surface area (Å²) in [5, 5.41) is 19.7. The molecule has 0 heterocycles. The van der Waals surface area contributed by atoms with Crippen LogP contribution in [0, 0.1) is 0 Å². The lowest BCUT2D eigenvalue weighted by Gasteiger charge is -2.25. The zero-order valence-electron chi connectivity index (χ0n) is 11.7. The Morgan fingerprint density at radius 3 is 2.55 bits per heavy atom. The Morgan fingerprint density at radius 1 is 1.40 bits per heavy atom. The van der Waals surface area contributed by atoms with Gasteiger partial charge in [-0.3, -0.25) is 0 Å². The van der Waals surface area contributed by atoms with Gasteiger partial charge in [0.05, 0.1) is 11.2 Å². The first-order chi connectivity index (χ1) is 9.10. The van der Waals surface area contributed by atoms with Crippen LogP contribution in [-0.2, 0) is 0 Å². The molecule has 0 aliphatic rings. The van der Waals surface area contributed by atoms with Crippen LogP contribution in [0.3, 0.4) is 0 Å². The number of benzene rings is 1. The maximum atomic E-state index is 9.81. The molecule has 0 unspecified atom stereocenters. The molecule has 0 aromatic heterocycles. The number of phenolic OH excluding ortho intramolecular Hbond substituents is 1. The second-order valence-corrected chi connectivity index (χ2v) is 6.50. The van der Waals surface area contributed by atoms with E-state index in [0.29, 0.717) is 15.7 Å². The Hall–Kier alpha value is -1.04. The minimum Gasteiger partial charge on any atom is -0.506 e. The van der Waals surface area contributed by atoms with Crippen LogP contribution in [-0.4, -0.2) is 34.0 Å². The lowest BCUT2D eigenvalue weighted by atomic mass is 10.1. The fourth-order valence-corrected chi connectivity index (χ4v) is 2.15. The van der Waals surface area contributed by atoms with Crippen molar-refractivity contribution in [1.29, 1.82) is 0 Å². The normalized spacial score (nSPS) is 11.7. The van der Waals surface area contributed by atoms with Crippen molar-refractivity contribution in [2.75, 3.05) is 7.05 Å².